The molecule has 3 aliphatic rings. The summed E-state index contributed by atoms with van der Waals surface area (Å²) in [6.45, 7) is 20.3. The lowest BCUT2D eigenvalue weighted by Crippen LogP contribution is -2.62. The molecule has 0 aromatic heterocycles. The van der Waals surface area contributed by atoms with Gasteiger partial charge in [-0.2, -0.15) is 0 Å². The van der Waals surface area contributed by atoms with Gasteiger partial charge in [-0.25, -0.2) is 4.79 Å². The zero-order chi connectivity index (χ0) is 65.1. The van der Waals surface area contributed by atoms with Gasteiger partial charge >= 0.3 is 5.97 Å². The molecule has 0 bridgehead atoms. The minimum absolute atomic E-state index is 0.000953. The molecule has 0 saturated carbocycles. The van der Waals surface area contributed by atoms with Gasteiger partial charge in [0.05, 0.1) is 5.60 Å². The van der Waals surface area contributed by atoms with Crippen LogP contribution in [0.25, 0.3) is 11.1 Å². The fraction of sp³-hybridized carbons (Fsp3) is 0.597. The minimum atomic E-state index is -1.97. The summed E-state index contributed by atoms with van der Waals surface area (Å²) in [6, 6.07) is 14.9. The number of nitrogens with zero attached hydrogens (tertiary/aromatic N) is 7. The summed E-state index contributed by atoms with van der Waals surface area (Å²) >= 11 is 0. The van der Waals surface area contributed by atoms with E-state index in [0.29, 0.717) is 30.4 Å². The van der Waals surface area contributed by atoms with Crippen molar-refractivity contribution in [2.24, 2.45) is 17.8 Å². The lowest BCUT2D eigenvalue weighted by Gasteiger charge is -2.39. The SMILES string of the molecule is CCC(C)C1NC(=O)C2CCCN2C(=O)C(Cc2cccc(-c3ccc(N4CCN(C)CC4)cc3)c2)N(C)C(=O)C(Cc2ccccc2)NC(=O)[C@H](C)N(C)C(=O)C([C@H](C)CC)OC(=O)C(C(C)(C)O)N(C)C(=O)C(CC(C)C)NC(=O)[C@H](C)N(C)C1=O. The molecular formula is C67H98N10O11. The molecule has 8 unspecified atom stereocenters. The van der Waals surface area contributed by atoms with Gasteiger partial charge in [0.15, 0.2) is 12.1 Å². The Hall–Kier alpha value is -7.39. The lowest BCUT2D eigenvalue weighted by molar-refractivity contribution is -0.177. The average Bonchev–Trinajstić information content (AvgIpc) is 1.80. The number of likely N-dealkylation sites (N-methyl/N-ethyl adjacent to an activating group) is 5. The second-order valence-electron chi connectivity index (χ2n) is 25.7. The number of rotatable bonds is 13. The average molecular weight is 1220 g/mol. The lowest BCUT2D eigenvalue weighted by atomic mass is 9.94. The Kier molecular flexibility index (Phi) is 24.3. The van der Waals surface area contributed by atoms with E-state index >= 15 is 9.59 Å². The summed E-state index contributed by atoms with van der Waals surface area (Å²) in [6.07, 6.45) is -0.0153. The van der Waals surface area contributed by atoms with E-state index in [-0.39, 0.29) is 38.1 Å². The van der Waals surface area contributed by atoms with Crippen molar-refractivity contribution < 1.29 is 53.0 Å². The van der Waals surface area contributed by atoms with Crippen LogP contribution in [0.15, 0.2) is 78.9 Å². The van der Waals surface area contributed by atoms with E-state index in [0.717, 1.165) is 52.8 Å². The van der Waals surface area contributed by atoms with E-state index in [2.05, 4.69) is 57.1 Å². The van der Waals surface area contributed by atoms with Crippen molar-refractivity contribution in [1.29, 1.82) is 0 Å². The molecule has 0 radical (unpaired) electrons. The Morgan fingerprint density at radius 2 is 1.15 bits per heavy atom. The molecular weight excluding hydrogens is 1120 g/mol. The highest BCUT2D eigenvalue weighted by Crippen LogP contribution is 2.29. The maximum atomic E-state index is 15.7. The number of hydrogen-bond donors (Lipinski definition) is 4. The number of benzene rings is 3. The van der Waals surface area contributed by atoms with Crippen LogP contribution in [0.5, 0.6) is 0 Å². The van der Waals surface area contributed by atoms with Crippen LogP contribution in [-0.4, -0.2) is 216 Å². The molecule has 88 heavy (non-hydrogen) atoms. The van der Waals surface area contributed by atoms with Crippen LogP contribution < -0.4 is 20.9 Å². The molecule has 0 aliphatic carbocycles. The largest absolute Gasteiger partial charge is 0.450 e. The number of hydrogen-bond acceptors (Lipinski definition) is 13. The van der Waals surface area contributed by atoms with Crippen LogP contribution in [0.2, 0.25) is 0 Å². The first-order valence-electron chi connectivity index (χ1n) is 31.4. The van der Waals surface area contributed by atoms with Crippen molar-refractivity contribution in [2.75, 3.05) is 72.9 Å². The summed E-state index contributed by atoms with van der Waals surface area (Å²) < 4.78 is 6.04. The second-order valence-corrected chi connectivity index (χ2v) is 25.7. The topological polar surface area (TPSA) is 242 Å². The first kappa shape index (κ1) is 69.7. The Labute approximate surface area is 521 Å². The zero-order valence-corrected chi connectivity index (χ0v) is 54.6. The van der Waals surface area contributed by atoms with E-state index in [9.17, 15) is 38.7 Å². The van der Waals surface area contributed by atoms with Crippen LogP contribution in [0.4, 0.5) is 5.69 Å². The van der Waals surface area contributed by atoms with E-state index in [1.54, 1.807) is 45.0 Å². The van der Waals surface area contributed by atoms with Crippen molar-refractivity contribution in [3.63, 3.8) is 0 Å². The molecule has 4 N–H and O–H groups in total. The number of carbonyl (C=O) groups is 9. The molecule has 11 atom stereocenters. The second kappa shape index (κ2) is 30.7. The molecule has 3 aromatic rings. The zero-order valence-electron chi connectivity index (χ0n) is 54.6. The van der Waals surface area contributed by atoms with Crippen molar-refractivity contribution >= 4 is 58.9 Å². The number of nitrogens with one attached hydrogen (secondary N) is 3. The number of carbonyl (C=O) groups excluding carboxylic acids is 9. The minimum Gasteiger partial charge on any atom is -0.450 e. The Morgan fingerprint density at radius 1 is 0.580 bits per heavy atom. The fourth-order valence-corrected chi connectivity index (χ4v) is 11.8. The van der Waals surface area contributed by atoms with Crippen molar-refractivity contribution in [1.82, 2.24) is 45.3 Å². The highest BCUT2D eigenvalue weighted by atomic mass is 16.6. The summed E-state index contributed by atoms with van der Waals surface area (Å²) in [4.78, 5) is 145. The van der Waals surface area contributed by atoms with E-state index in [1.807, 2.05) is 51.1 Å². The van der Waals surface area contributed by atoms with Gasteiger partial charge in [0, 0.05) is 85.4 Å². The monoisotopic (exact) mass is 1220 g/mol. The van der Waals surface area contributed by atoms with Crippen LogP contribution >= 0.6 is 0 Å². The van der Waals surface area contributed by atoms with Crippen LogP contribution in [0.3, 0.4) is 0 Å². The highest BCUT2D eigenvalue weighted by Gasteiger charge is 2.47. The predicted octanol–water partition coefficient (Wildman–Crippen LogP) is 4.52. The molecule has 3 aliphatic heterocycles. The number of amides is 8. The fourth-order valence-electron chi connectivity index (χ4n) is 11.8. The third kappa shape index (κ3) is 17.1. The van der Waals surface area contributed by atoms with Gasteiger partial charge in [0.2, 0.25) is 41.4 Å². The van der Waals surface area contributed by atoms with Gasteiger partial charge in [-0.1, -0.05) is 115 Å². The van der Waals surface area contributed by atoms with Crippen molar-refractivity contribution in [3.8, 4) is 11.1 Å². The molecule has 3 heterocycles. The first-order chi connectivity index (χ1) is 41.5. The molecule has 8 amide bonds. The van der Waals surface area contributed by atoms with E-state index in [4.69, 9.17) is 4.74 Å². The van der Waals surface area contributed by atoms with Crippen LogP contribution in [0, 0.1) is 17.8 Å². The summed E-state index contributed by atoms with van der Waals surface area (Å²) in [7, 11) is 7.72. The van der Waals surface area contributed by atoms with Crippen LogP contribution in [0.1, 0.15) is 112 Å². The number of anilines is 1. The van der Waals surface area contributed by atoms with Gasteiger partial charge < -0.3 is 60.1 Å². The molecule has 21 nitrogen and oxygen atoms in total. The molecule has 482 valence electrons. The van der Waals surface area contributed by atoms with Gasteiger partial charge in [0.1, 0.15) is 42.3 Å². The quantitative estimate of drug-likeness (QED) is 0.173. The van der Waals surface area contributed by atoms with Gasteiger partial charge in [0.25, 0.3) is 5.91 Å². The molecule has 3 aromatic carbocycles. The predicted molar refractivity (Wildman–Crippen MR) is 338 cm³/mol. The highest BCUT2D eigenvalue weighted by molar-refractivity contribution is 5.99. The first-order valence-corrected chi connectivity index (χ1v) is 31.4. The van der Waals surface area contributed by atoms with Gasteiger partial charge in [-0.15, -0.1) is 0 Å². The van der Waals surface area contributed by atoms with E-state index < -0.39 is 125 Å². The number of ether oxygens (including phenoxy) is 1. The molecule has 0 spiro atoms. The molecule has 6 rings (SSSR count). The molecule has 21 heteroatoms. The third-order valence-corrected chi connectivity index (χ3v) is 18.3. The smallest absolute Gasteiger partial charge is 0.332 e. The number of esters is 1. The van der Waals surface area contributed by atoms with Crippen molar-refractivity contribution in [2.45, 2.75) is 174 Å². The maximum absolute atomic E-state index is 15.7. The number of piperazine rings is 1. The standard InChI is InChI=1S/C67H98N10O11/c1-16-42(5)55-64(84)72(12)44(7)58(78)68-51(37-41(3)4)62(82)75(15)57(67(9,10)87)66(86)88-56(43(6)17-2)65(85)73(13)45(8)59(79)69-52(39-46-23-19-18-20-24-46)61(81)74(14)54(63(83)77-32-22-27-53(77)60(80)70-55)40-47-25-21-26-49(38-47)48-28-30-50(31-29-48)76-35-33-71(11)34-36-76/h18-21,23-26,28-31,38,41-45,51-57,87H,16-17,22,27,32-37,39-40H2,1-15H3,(H,68,78)(H,69,79)(H,70,80)/t42?,43-,44+,45+,51?,52?,53?,54?,55?,56?,57?/m1/s1. The van der Waals surface area contributed by atoms with Crippen molar-refractivity contribution in [3.05, 3.63) is 90.0 Å². The van der Waals surface area contributed by atoms with E-state index in [1.165, 1.54) is 70.6 Å². The van der Waals surface area contributed by atoms with Gasteiger partial charge in [-0.05, 0) is 107 Å². The van der Waals surface area contributed by atoms with Crippen LogP contribution in [-0.2, 0) is 60.7 Å². The molecule has 3 fully saturated rings. The van der Waals surface area contributed by atoms with Gasteiger partial charge in [-0.3, -0.25) is 38.4 Å². The normalized spacial score (nSPS) is 26.1. The Morgan fingerprint density at radius 3 is 1.73 bits per heavy atom. The number of fused-ring (bicyclic) bond motifs is 1. The summed E-state index contributed by atoms with van der Waals surface area (Å²) in [5.41, 5.74) is 2.37. The number of aliphatic hydroxyl groups is 1. The summed E-state index contributed by atoms with van der Waals surface area (Å²) in [5.74, 6) is -7.75. The third-order valence-electron chi connectivity index (χ3n) is 18.3. The number of cyclic esters (lactones) is 1. The Bertz CT molecular complexity index is 2930. The molecule has 3 saturated heterocycles. The summed E-state index contributed by atoms with van der Waals surface area (Å²) in [5, 5.41) is 20.3. The Balaban J connectivity index is 1.46. The maximum Gasteiger partial charge on any atom is 0.332 e.